The lowest BCUT2D eigenvalue weighted by molar-refractivity contribution is -0.140. The molecule has 236 valence electrons. The maximum Gasteiger partial charge on any atom is 0.416 e. The Bertz CT molecular complexity index is 1550. The zero-order valence-electron chi connectivity index (χ0n) is 24.3. The van der Waals surface area contributed by atoms with E-state index >= 15 is 0 Å². The number of hydrogen-bond acceptors (Lipinski definition) is 4. The molecule has 0 radical (unpaired) electrons. The highest BCUT2D eigenvalue weighted by Crippen LogP contribution is 2.32. The summed E-state index contributed by atoms with van der Waals surface area (Å²) in [6.07, 6.45) is 0.961. The lowest BCUT2D eigenvalue weighted by atomic mass is 9.94. The molecule has 0 heterocycles. The second-order valence-electron chi connectivity index (χ2n) is 11.0. The van der Waals surface area contributed by atoms with Crippen LogP contribution >= 0.6 is 15.9 Å². The Balaban J connectivity index is 1.74. The van der Waals surface area contributed by atoms with Gasteiger partial charge in [0.05, 0.1) is 17.5 Å². The number of anilines is 1. The minimum atomic E-state index is -4.71. The Labute approximate surface area is 264 Å². The van der Waals surface area contributed by atoms with Crippen molar-refractivity contribution in [3.05, 3.63) is 100 Å². The fourth-order valence-corrected chi connectivity index (χ4v) is 6.67. The van der Waals surface area contributed by atoms with Gasteiger partial charge in [-0.15, -0.1) is 0 Å². The molecule has 44 heavy (non-hydrogen) atoms. The number of amides is 2. The third-order valence-electron chi connectivity index (χ3n) is 7.61. The lowest BCUT2D eigenvalue weighted by Crippen LogP contribution is -2.55. The first-order valence-corrected chi connectivity index (χ1v) is 17.0. The summed E-state index contributed by atoms with van der Waals surface area (Å²) in [7, 11) is -4.21. The van der Waals surface area contributed by atoms with Crippen LogP contribution in [0.25, 0.3) is 0 Å². The van der Waals surface area contributed by atoms with E-state index in [0.717, 1.165) is 60.5 Å². The van der Waals surface area contributed by atoms with E-state index in [2.05, 4.69) is 21.2 Å². The highest BCUT2D eigenvalue weighted by atomic mass is 79.9. The van der Waals surface area contributed by atoms with E-state index in [9.17, 15) is 31.2 Å². The summed E-state index contributed by atoms with van der Waals surface area (Å²) in [5, 5.41) is 3.11. The minimum Gasteiger partial charge on any atom is -0.352 e. The van der Waals surface area contributed by atoms with Crippen molar-refractivity contribution in [2.75, 3.05) is 17.1 Å². The third-order valence-corrected chi connectivity index (χ3v) is 9.24. The molecule has 1 aliphatic rings. The van der Waals surface area contributed by atoms with E-state index in [0.29, 0.717) is 15.9 Å². The average molecular weight is 695 g/mol. The number of sulfonamides is 1. The van der Waals surface area contributed by atoms with E-state index in [4.69, 9.17) is 0 Å². The SMILES string of the molecule is CS(=O)(=O)N(CC(=O)N(Cc1cccc(Br)c1)[C@@H](Cc1ccccc1)C(=O)NC1CCCCC1)c1cccc(C(F)(F)F)c1. The van der Waals surface area contributed by atoms with Gasteiger partial charge in [0.15, 0.2) is 0 Å². The van der Waals surface area contributed by atoms with Gasteiger partial charge in [0.25, 0.3) is 0 Å². The zero-order chi connectivity index (χ0) is 31.9. The molecule has 0 saturated heterocycles. The Kier molecular flexibility index (Phi) is 11.1. The van der Waals surface area contributed by atoms with E-state index in [1.54, 1.807) is 18.2 Å². The normalized spacial score (nSPS) is 14.9. The van der Waals surface area contributed by atoms with Crippen molar-refractivity contribution in [3.8, 4) is 0 Å². The van der Waals surface area contributed by atoms with E-state index in [1.807, 2.05) is 36.4 Å². The van der Waals surface area contributed by atoms with Gasteiger partial charge in [0.2, 0.25) is 21.8 Å². The van der Waals surface area contributed by atoms with Gasteiger partial charge in [0, 0.05) is 23.5 Å². The molecule has 0 spiro atoms. The number of halogens is 4. The van der Waals surface area contributed by atoms with Crippen molar-refractivity contribution in [1.82, 2.24) is 10.2 Å². The van der Waals surface area contributed by atoms with Gasteiger partial charge in [-0.1, -0.05) is 83.7 Å². The number of hydrogen-bond donors (Lipinski definition) is 1. The molecule has 3 aromatic rings. The highest BCUT2D eigenvalue weighted by Gasteiger charge is 2.35. The standard InChI is InChI=1S/C32H35BrF3N3O4S/c1-44(42,43)39(28-17-9-13-25(20-28)32(34,35)36)22-30(40)38(21-24-12-8-14-26(33)18-24)29(19-23-10-4-2-5-11-23)31(41)37-27-15-6-3-7-16-27/h2,4-5,8-14,17-18,20,27,29H,3,6-7,15-16,19,21-22H2,1H3,(H,37,41)/t29-/m0/s1. The first kappa shape index (κ1) is 33.5. The molecular formula is C32H35BrF3N3O4S. The van der Waals surface area contributed by atoms with E-state index in [1.165, 1.54) is 11.0 Å². The van der Waals surface area contributed by atoms with Crippen LogP contribution in [-0.2, 0) is 38.8 Å². The summed E-state index contributed by atoms with van der Waals surface area (Å²) >= 11 is 3.43. The Morgan fingerprint density at radius 3 is 2.23 bits per heavy atom. The first-order chi connectivity index (χ1) is 20.8. The second-order valence-corrected chi connectivity index (χ2v) is 13.8. The molecule has 12 heteroatoms. The van der Waals surface area contributed by atoms with Crippen LogP contribution in [0.3, 0.4) is 0 Å². The summed E-state index contributed by atoms with van der Waals surface area (Å²) in [5.41, 5.74) is 0.127. The van der Waals surface area contributed by atoms with Gasteiger partial charge in [-0.2, -0.15) is 13.2 Å². The number of nitrogens with zero attached hydrogens (tertiary/aromatic N) is 2. The minimum absolute atomic E-state index is 0.0337. The molecule has 0 aliphatic heterocycles. The van der Waals surface area contributed by atoms with Crippen LogP contribution in [0.2, 0.25) is 0 Å². The summed E-state index contributed by atoms with van der Waals surface area (Å²) in [5.74, 6) is -1.10. The molecule has 0 unspecified atom stereocenters. The highest BCUT2D eigenvalue weighted by molar-refractivity contribution is 9.10. The van der Waals surface area contributed by atoms with Crippen LogP contribution in [0.15, 0.2) is 83.3 Å². The zero-order valence-corrected chi connectivity index (χ0v) is 26.7. The molecule has 0 aromatic heterocycles. The van der Waals surface area contributed by atoms with Gasteiger partial charge < -0.3 is 10.2 Å². The number of rotatable bonds is 11. The van der Waals surface area contributed by atoms with Gasteiger partial charge in [-0.3, -0.25) is 13.9 Å². The van der Waals surface area contributed by atoms with E-state index in [-0.39, 0.29) is 30.6 Å². The number of nitrogens with one attached hydrogen (secondary N) is 1. The second kappa shape index (κ2) is 14.6. The van der Waals surface area contributed by atoms with E-state index < -0.39 is 40.3 Å². The number of carbonyl (C=O) groups excluding carboxylic acids is 2. The number of carbonyl (C=O) groups is 2. The van der Waals surface area contributed by atoms with Crippen LogP contribution in [0.1, 0.15) is 48.8 Å². The molecule has 1 saturated carbocycles. The van der Waals surface area contributed by atoms with Crippen molar-refractivity contribution < 1.29 is 31.2 Å². The molecule has 2 amide bonds. The van der Waals surface area contributed by atoms with Crippen LogP contribution in [0.5, 0.6) is 0 Å². The molecule has 1 atom stereocenters. The molecule has 4 rings (SSSR count). The van der Waals surface area contributed by atoms with Gasteiger partial charge in [0.1, 0.15) is 12.6 Å². The monoisotopic (exact) mass is 693 g/mol. The lowest BCUT2D eigenvalue weighted by Gasteiger charge is -2.35. The number of benzene rings is 3. The molecule has 7 nitrogen and oxygen atoms in total. The third kappa shape index (κ3) is 9.31. The van der Waals surface area contributed by atoms with Gasteiger partial charge >= 0.3 is 6.18 Å². The molecule has 3 aromatic carbocycles. The van der Waals surface area contributed by atoms with Gasteiger partial charge in [-0.25, -0.2) is 8.42 Å². The molecule has 1 N–H and O–H groups in total. The summed E-state index contributed by atoms with van der Waals surface area (Å²) in [6, 6.07) is 19.1. The predicted octanol–water partition coefficient (Wildman–Crippen LogP) is 6.32. The predicted molar refractivity (Wildman–Crippen MR) is 167 cm³/mol. The fraction of sp³-hybridized carbons (Fsp3) is 0.375. The Hall–Kier alpha value is -3.38. The molecule has 1 aliphatic carbocycles. The van der Waals surface area contributed by atoms with Gasteiger partial charge in [-0.05, 0) is 54.3 Å². The maximum atomic E-state index is 14.2. The van der Waals surface area contributed by atoms with Crippen molar-refractivity contribution in [2.45, 2.75) is 63.3 Å². The number of alkyl halides is 3. The average Bonchev–Trinajstić information content (AvgIpc) is 2.97. The smallest absolute Gasteiger partial charge is 0.352 e. The molecular weight excluding hydrogens is 659 g/mol. The quantitative estimate of drug-likeness (QED) is 0.255. The van der Waals surface area contributed by atoms with Crippen molar-refractivity contribution in [2.24, 2.45) is 0 Å². The van der Waals surface area contributed by atoms with Crippen molar-refractivity contribution in [1.29, 1.82) is 0 Å². The van der Waals surface area contributed by atoms with Crippen LogP contribution in [0, 0.1) is 0 Å². The maximum absolute atomic E-state index is 14.2. The summed E-state index contributed by atoms with van der Waals surface area (Å²) < 4.78 is 67.7. The summed E-state index contributed by atoms with van der Waals surface area (Å²) in [4.78, 5) is 29.5. The Morgan fingerprint density at radius 1 is 0.932 bits per heavy atom. The topological polar surface area (TPSA) is 86.8 Å². The van der Waals surface area contributed by atoms with Crippen LogP contribution in [0.4, 0.5) is 18.9 Å². The Morgan fingerprint density at radius 2 is 1.59 bits per heavy atom. The summed E-state index contributed by atoms with van der Waals surface area (Å²) in [6.45, 7) is -0.829. The van der Waals surface area contributed by atoms with Crippen molar-refractivity contribution in [3.63, 3.8) is 0 Å². The fourth-order valence-electron chi connectivity index (χ4n) is 5.38. The van der Waals surface area contributed by atoms with Crippen molar-refractivity contribution >= 4 is 43.5 Å². The van der Waals surface area contributed by atoms with Crippen LogP contribution < -0.4 is 9.62 Å². The molecule has 1 fully saturated rings. The van der Waals surface area contributed by atoms with Crippen LogP contribution in [-0.4, -0.2) is 50.0 Å². The largest absolute Gasteiger partial charge is 0.416 e. The first-order valence-electron chi connectivity index (χ1n) is 14.3. The molecule has 0 bridgehead atoms.